The molecule has 2 rings (SSSR count). The molecule has 0 aliphatic carbocycles. The molecule has 0 saturated carbocycles. The van der Waals surface area contributed by atoms with Crippen molar-refractivity contribution in [2.24, 2.45) is 0 Å². The van der Waals surface area contributed by atoms with Gasteiger partial charge >= 0.3 is 0 Å². The van der Waals surface area contributed by atoms with Crippen molar-refractivity contribution in [3.05, 3.63) is 33.9 Å². The van der Waals surface area contributed by atoms with Crippen molar-refractivity contribution in [2.75, 3.05) is 38.2 Å². The van der Waals surface area contributed by atoms with Gasteiger partial charge in [-0.15, -0.1) is 0 Å². The first-order valence-corrected chi connectivity index (χ1v) is 7.34. The molecular formula is C15H22N3O4+. The number of nitro benzene ring substituents is 1. The average molecular weight is 308 g/mol. The molecule has 0 amide bonds. The van der Waals surface area contributed by atoms with E-state index in [2.05, 4.69) is 19.2 Å². The number of carbonyl (C=O) groups is 1. The standard InChI is InChI=1S/C15H21N3O4/c1-15(2,17-5-7-22-8-6-17)11-16-13-4-3-12(10-19)9-14(13)18(20)21/h3-4,9-10,16H,5-8,11H2,1-2H3/p+1. The minimum atomic E-state index is -0.468. The SMILES string of the molecule is CC(C)(CNc1ccc(C=O)cc1[N+](=O)[O-])[NH+]1CCOCC1. The second-order valence-corrected chi connectivity index (χ2v) is 6.10. The summed E-state index contributed by atoms with van der Waals surface area (Å²) in [6, 6.07) is 4.47. The van der Waals surface area contributed by atoms with E-state index >= 15 is 0 Å². The molecule has 1 heterocycles. The number of nitrogens with zero attached hydrogens (tertiary/aromatic N) is 1. The highest BCUT2D eigenvalue weighted by Gasteiger charge is 2.32. The van der Waals surface area contributed by atoms with Gasteiger partial charge in [0.2, 0.25) is 0 Å². The molecule has 120 valence electrons. The van der Waals surface area contributed by atoms with Crippen molar-refractivity contribution >= 4 is 17.7 Å². The van der Waals surface area contributed by atoms with Crippen LogP contribution in [0.2, 0.25) is 0 Å². The number of benzene rings is 1. The van der Waals surface area contributed by atoms with Crippen LogP contribution >= 0.6 is 0 Å². The number of hydrogen-bond acceptors (Lipinski definition) is 5. The third-order valence-electron chi connectivity index (χ3n) is 4.13. The van der Waals surface area contributed by atoms with Gasteiger partial charge in [0.25, 0.3) is 5.69 Å². The Bertz CT molecular complexity index is 554. The predicted octanol–water partition coefficient (Wildman–Crippen LogP) is 0.513. The molecule has 7 nitrogen and oxygen atoms in total. The molecule has 7 heteroatoms. The number of nitro groups is 1. The molecule has 1 aromatic carbocycles. The topological polar surface area (TPSA) is 85.9 Å². The quantitative estimate of drug-likeness (QED) is 0.454. The highest BCUT2D eigenvalue weighted by Crippen LogP contribution is 2.25. The van der Waals surface area contributed by atoms with Gasteiger partial charge in [0.05, 0.1) is 24.7 Å². The van der Waals surface area contributed by atoms with E-state index in [0.717, 1.165) is 26.3 Å². The summed E-state index contributed by atoms with van der Waals surface area (Å²) in [7, 11) is 0. The number of anilines is 1. The minimum absolute atomic E-state index is 0.0685. The Kier molecular flexibility index (Phi) is 5.10. The van der Waals surface area contributed by atoms with Crippen LogP contribution in [0.4, 0.5) is 11.4 Å². The summed E-state index contributed by atoms with van der Waals surface area (Å²) in [4.78, 5) is 22.8. The second-order valence-electron chi connectivity index (χ2n) is 6.10. The van der Waals surface area contributed by atoms with E-state index in [0.29, 0.717) is 24.1 Å². The van der Waals surface area contributed by atoms with Crippen LogP contribution in [-0.2, 0) is 4.74 Å². The van der Waals surface area contributed by atoms with Crippen molar-refractivity contribution < 1.29 is 19.4 Å². The van der Waals surface area contributed by atoms with Crippen LogP contribution in [0, 0.1) is 10.1 Å². The van der Waals surface area contributed by atoms with Crippen LogP contribution in [0.5, 0.6) is 0 Å². The van der Waals surface area contributed by atoms with Crippen molar-refractivity contribution in [2.45, 2.75) is 19.4 Å². The summed E-state index contributed by atoms with van der Waals surface area (Å²) in [5.74, 6) is 0. The third-order valence-corrected chi connectivity index (χ3v) is 4.13. The zero-order valence-electron chi connectivity index (χ0n) is 12.9. The van der Waals surface area contributed by atoms with Gasteiger partial charge in [-0.1, -0.05) is 0 Å². The number of nitrogens with one attached hydrogen (secondary N) is 2. The maximum absolute atomic E-state index is 11.1. The van der Waals surface area contributed by atoms with Gasteiger partial charge in [-0.25, -0.2) is 0 Å². The molecule has 0 atom stereocenters. The predicted molar refractivity (Wildman–Crippen MR) is 82.6 cm³/mol. The van der Waals surface area contributed by atoms with Crippen LogP contribution < -0.4 is 10.2 Å². The van der Waals surface area contributed by atoms with Gasteiger partial charge in [-0.05, 0) is 26.0 Å². The number of carbonyl (C=O) groups excluding carboxylic acids is 1. The summed E-state index contributed by atoms with van der Waals surface area (Å²) in [5, 5.41) is 14.3. The van der Waals surface area contributed by atoms with E-state index in [1.54, 1.807) is 12.1 Å². The first kappa shape index (κ1) is 16.4. The molecule has 1 saturated heterocycles. The van der Waals surface area contributed by atoms with E-state index in [-0.39, 0.29) is 11.2 Å². The summed E-state index contributed by atoms with van der Waals surface area (Å²) in [6.07, 6.45) is 0.610. The number of hydrogen-bond donors (Lipinski definition) is 2. The van der Waals surface area contributed by atoms with Crippen molar-refractivity contribution in [1.82, 2.24) is 0 Å². The third kappa shape index (κ3) is 3.80. The van der Waals surface area contributed by atoms with Crippen molar-refractivity contribution in [3.63, 3.8) is 0 Å². The lowest BCUT2D eigenvalue weighted by Gasteiger charge is -2.37. The fraction of sp³-hybridized carbons (Fsp3) is 0.533. The Hall–Kier alpha value is -1.99. The van der Waals surface area contributed by atoms with Gasteiger partial charge in [0, 0.05) is 11.6 Å². The maximum atomic E-state index is 11.1. The van der Waals surface area contributed by atoms with Crippen LogP contribution in [-0.4, -0.2) is 49.6 Å². The minimum Gasteiger partial charge on any atom is -0.373 e. The van der Waals surface area contributed by atoms with Crippen LogP contribution in [0.3, 0.4) is 0 Å². The summed E-state index contributed by atoms with van der Waals surface area (Å²) < 4.78 is 5.37. The molecule has 0 unspecified atom stereocenters. The molecule has 1 aliphatic heterocycles. The fourth-order valence-corrected chi connectivity index (χ4v) is 2.66. The lowest BCUT2D eigenvalue weighted by atomic mass is 10.0. The lowest BCUT2D eigenvalue weighted by Crippen LogP contribution is -3.21. The molecule has 22 heavy (non-hydrogen) atoms. The van der Waals surface area contributed by atoms with Gasteiger partial charge in [0.1, 0.15) is 30.6 Å². The molecular weight excluding hydrogens is 286 g/mol. The van der Waals surface area contributed by atoms with E-state index in [4.69, 9.17) is 4.74 Å². The van der Waals surface area contributed by atoms with Gasteiger partial charge in [-0.2, -0.15) is 0 Å². The second kappa shape index (κ2) is 6.85. The van der Waals surface area contributed by atoms with Gasteiger partial charge in [-0.3, -0.25) is 14.9 Å². The zero-order valence-corrected chi connectivity index (χ0v) is 12.9. The number of morpholine rings is 1. The Labute approximate surface area is 129 Å². The van der Waals surface area contributed by atoms with Gasteiger partial charge in [0.15, 0.2) is 0 Å². The molecule has 0 spiro atoms. The molecule has 0 aromatic heterocycles. The summed E-state index contributed by atoms with van der Waals surface area (Å²) in [5.41, 5.74) is 0.602. The normalized spacial score (nSPS) is 16.3. The van der Waals surface area contributed by atoms with E-state index < -0.39 is 4.92 Å². The molecule has 1 aliphatic rings. The first-order chi connectivity index (χ1) is 10.4. The number of rotatable bonds is 6. The summed E-state index contributed by atoms with van der Waals surface area (Å²) in [6.45, 7) is 8.21. The molecule has 2 N–H and O–H groups in total. The Morgan fingerprint density at radius 3 is 2.68 bits per heavy atom. The Balaban J connectivity index is 2.09. The molecule has 0 bridgehead atoms. The highest BCUT2D eigenvalue weighted by atomic mass is 16.6. The fourth-order valence-electron chi connectivity index (χ4n) is 2.66. The van der Waals surface area contributed by atoms with Gasteiger partial charge < -0.3 is 15.0 Å². The first-order valence-electron chi connectivity index (χ1n) is 7.34. The largest absolute Gasteiger partial charge is 0.373 e. The van der Waals surface area contributed by atoms with Crippen LogP contribution in [0.1, 0.15) is 24.2 Å². The van der Waals surface area contributed by atoms with E-state index in [9.17, 15) is 14.9 Å². The monoisotopic (exact) mass is 308 g/mol. The highest BCUT2D eigenvalue weighted by molar-refractivity contribution is 5.79. The molecule has 0 radical (unpaired) electrons. The van der Waals surface area contributed by atoms with Crippen molar-refractivity contribution in [3.8, 4) is 0 Å². The Morgan fingerprint density at radius 2 is 2.09 bits per heavy atom. The summed E-state index contributed by atoms with van der Waals surface area (Å²) >= 11 is 0. The zero-order chi connectivity index (χ0) is 16.2. The van der Waals surface area contributed by atoms with Crippen molar-refractivity contribution in [1.29, 1.82) is 0 Å². The van der Waals surface area contributed by atoms with E-state index in [1.165, 1.54) is 11.0 Å². The molecule has 1 aromatic rings. The maximum Gasteiger partial charge on any atom is 0.293 e. The average Bonchev–Trinajstić information content (AvgIpc) is 2.53. The number of quaternary nitrogens is 1. The smallest absolute Gasteiger partial charge is 0.293 e. The Morgan fingerprint density at radius 1 is 1.41 bits per heavy atom. The van der Waals surface area contributed by atoms with Crippen LogP contribution in [0.25, 0.3) is 0 Å². The molecule has 1 fully saturated rings. The van der Waals surface area contributed by atoms with Crippen LogP contribution in [0.15, 0.2) is 18.2 Å². The number of aldehydes is 1. The number of ether oxygens (including phenoxy) is 1. The lowest BCUT2D eigenvalue weighted by molar-refractivity contribution is -0.953. The van der Waals surface area contributed by atoms with E-state index in [1.807, 2.05) is 0 Å².